The van der Waals surface area contributed by atoms with Gasteiger partial charge in [-0.15, -0.1) is 11.3 Å². The number of thiophene rings is 1. The third kappa shape index (κ3) is 7.56. The highest BCUT2D eigenvalue weighted by atomic mass is 35.5. The third-order valence-electron chi connectivity index (χ3n) is 11.9. The summed E-state index contributed by atoms with van der Waals surface area (Å²) in [6.45, 7) is 4.72. The molecule has 15 heteroatoms. The summed E-state index contributed by atoms with van der Waals surface area (Å²) in [7, 11) is 3.57. The summed E-state index contributed by atoms with van der Waals surface area (Å²) in [6.07, 6.45) is 0.0629. The first-order valence-electron chi connectivity index (χ1n) is 18.1. The van der Waals surface area contributed by atoms with Crippen molar-refractivity contribution < 1.29 is 27.6 Å². The normalized spacial score (nSPS) is 24.4. The monoisotopic (exact) mass is 749 g/mol. The molecule has 4 fully saturated rings. The van der Waals surface area contributed by atoms with Crippen LogP contribution in [0.4, 0.5) is 29.3 Å². The molecule has 6 heterocycles. The molecule has 2 unspecified atom stereocenters. The first kappa shape index (κ1) is 36.3. The molecule has 5 aliphatic heterocycles. The van der Waals surface area contributed by atoms with E-state index in [9.17, 15) is 27.6 Å². The fourth-order valence-electron chi connectivity index (χ4n) is 9.08. The van der Waals surface area contributed by atoms with Gasteiger partial charge in [-0.05, 0) is 80.6 Å². The Hall–Kier alpha value is -3.07. The van der Waals surface area contributed by atoms with Gasteiger partial charge in [0.1, 0.15) is 0 Å². The van der Waals surface area contributed by atoms with Crippen LogP contribution in [-0.4, -0.2) is 126 Å². The lowest BCUT2D eigenvalue weighted by Crippen LogP contribution is -2.54. The highest BCUT2D eigenvalue weighted by Crippen LogP contribution is 2.40. The van der Waals surface area contributed by atoms with Crippen LogP contribution in [0, 0.1) is 5.92 Å². The number of likely N-dealkylation sites (tertiary alicyclic amines) is 4. The minimum atomic E-state index is -4.65. The van der Waals surface area contributed by atoms with Crippen molar-refractivity contribution in [3.8, 4) is 0 Å². The fraction of sp³-hybridized carbons (Fsp3) is 0.639. The SMILES string of the molecule is CNc1c(Cl)cc(C[C@@H](CC(=O)N2CCC(N3CCc4cscc4NC3=O)CC2)C(=O)N2CCC(N3CC4CC3CN4C)CC2)cc1C(F)(F)F. The van der Waals surface area contributed by atoms with Crippen LogP contribution in [0.1, 0.15) is 55.2 Å². The maximum atomic E-state index is 14.2. The largest absolute Gasteiger partial charge is 0.418 e. The number of benzene rings is 1. The van der Waals surface area contributed by atoms with Gasteiger partial charge < -0.3 is 30.2 Å². The zero-order valence-electron chi connectivity index (χ0n) is 29.2. The minimum Gasteiger partial charge on any atom is -0.386 e. The number of nitrogens with one attached hydrogen (secondary N) is 2. The molecular weight excluding hydrogens is 703 g/mol. The molecule has 2 N–H and O–H groups in total. The molecule has 3 atom stereocenters. The molecule has 2 aromatic rings. The quantitative estimate of drug-likeness (QED) is 0.372. The molecule has 0 saturated carbocycles. The van der Waals surface area contributed by atoms with Gasteiger partial charge in [0.25, 0.3) is 0 Å². The number of fused-ring (bicyclic) bond motifs is 3. The molecule has 10 nitrogen and oxygen atoms in total. The standard InChI is InChI=1S/C36H47ClF3N7O3S/c1-41-33-29(36(38,39)40)14-22(15-30(33)37)13-24(34(49)45-10-6-26(7-11-45)47-19-27-17-28(47)18-43(27)2)16-32(48)44-8-4-25(5-9-44)46-12-3-23-20-51-21-31(23)42-35(46)50/h14-15,20-21,24-28,41H,3-13,16-19H2,1-2H3,(H,42,50)/t24-,27?,28?/m0/s1. The van der Waals surface area contributed by atoms with Gasteiger partial charge in [-0.2, -0.15) is 13.2 Å². The molecule has 4 saturated heterocycles. The second kappa shape index (κ2) is 14.7. The number of carbonyl (C=O) groups is 3. The second-order valence-corrected chi connectivity index (χ2v) is 16.0. The molecule has 0 spiro atoms. The highest BCUT2D eigenvalue weighted by Gasteiger charge is 2.45. The van der Waals surface area contributed by atoms with Gasteiger partial charge in [-0.1, -0.05) is 11.6 Å². The molecule has 1 aromatic heterocycles. The van der Waals surface area contributed by atoms with Crippen LogP contribution in [0.5, 0.6) is 0 Å². The number of likely N-dealkylation sites (N-methyl/N-ethyl adjacent to an activating group) is 1. The number of urea groups is 1. The molecule has 0 radical (unpaired) electrons. The molecule has 2 bridgehead atoms. The Kier molecular flexibility index (Phi) is 10.5. The van der Waals surface area contributed by atoms with Crippen molar-refractivity contribution in [2.24, 2.45) is 5.92 Å². The number of piperazine rings is 1. The molecule has 278 valence electrons. The topological polar surface area (TPSA) is 91.5 Å². The number of hydrogen-bond acceptors (Lipinski definition) is 7. The van der Waals surface area contributed by atoms with Crippen molar-refractivity contribution in [2.75, 3.05) is 70.5 Å². The van der Waals surface area contributed by atoms with E-state index in [0.717, 1.165) is 49.7 Å². The van der Waals surface area contributed by atoms with Gasteiger partial charge in [0, 0.05) is 88.8 Å². The first-order valence-corrected chi connectivity index (χ1v) is 19.4. The highest BCUT2D eigenvalue weighted by molar-refractivity contribution is 7.08. The maximum absolute atomic E-state index is 14.2. The van der Waals surface area contributed by atoms with E-state index < -0.39 is 17.7 Å². The summed E-state index contributed by atoms with van der Waals surface area (Å²) < 4.78 is 42.2. The van der Waals surface area contributed by atoms with Gasteiger partial charge in [0.05, 0.1) is 27.9 Å². The smallest absolute Gasteiger partial charge is 0.386 e. The summed E-state index contributed by atoms with van der Waals surface area (Å²) >= 11 is 7.91. The lowest BCUT2D eigenvalue weighted by Gasteiger charge is -2.42. The predicted molar refractivity (Wildman–Crippen MR) is 192 cm³/mol. The van der Waals surface area contributed by atoms with Crippen LogP contribution in [0.15, 0.2) is 22.9 Å². The Morgan fingerprint density at radius 2 is 1.69 bits per heavy atom. The average molecular weight is 750 g/mol. The zero-order valence-corrected chi connectivity index (χ0v) is 30.8. The zero-order chi connectivity index (χ0) is 36.0. The van der Waals surface area contributed by atoms with Gasteiger partial charge in [-0.25, -0.2) is 4.79 Å². The number of rotatable bonds is 8. The van der Waals surface area contributed by atoms with Gasteiger partial charge >= 0.3 is 12.2 Å². The van der Waals surface area contributed by atoms with Crippen LogP contribution < -0.4 is 10.6 Å². The van der Waals surface area contributed by atoms with E-state index in [1.54, 1.807) is 16.2 Å². The van der Waals surface area contributed by atoms with Gasteiger partial charge in [0.15, 0.2) is 0 Å². The summed E-state index contributed by atoms with van der Waals surface area (Å²) in [5, 5.41) is 9.49. The molecule has 4 amide bonds. The van der Waals surface area contributed by atoms with E-state index >= 15 is 0 Å². The van der Waals surface area contributed by atoms with E-state index in [1.165, 1.54) is 19.5 Å². The van der Waals surface area contributed by atoms with E-state index in [0.29, 0.717) is 63.7 Å². The Morgan fingerprint density at radius 3 is 2.33 bits per heavy atom. The van der Waals surface area contributed by atoms with Crippen LogP contribution >= 0.6 is 22.9 Å². The Labute approximate surface area is 306 Å². The third-order valence-corrected chi connectivity index (χ3v) is 13.0. The van der Waals surface area contributed by atoms with E-state index in [2.05, 4.69) is 32.9 Å². The Balaban J connectivity index is 1.03. The first-order chi connectivity index (χ1) is 24.4. The average Bonchev–Trinajstić information content (AvgIpc) is 3.81. The van der Waals surface area contributed by atoms with E-state index in [-0.39, 0.29) is 53.0 Å². The van der Waals surface area contributed by atoms with Crippen LogP contribution in [0.2, 0.25) is 5.02 Å². The van der Waals surface area contributed by atoms with Crippen molar-refractivity contribution in [1.82, 2.24) is 24.5 Å². The Morgan fingerprint density at radius 1 is 0.980 bits per heavy atom. The van der Waals surface area contributed by atoms with Gasteiger partial charge in [0.2, 0.25) is 11.8 Å². The summed E-state index contributed by atoms with van der Waals surface area (Å²) in [6, 6.07) is 3.92. The summed E-state index contributed by atoms with van der Waals surface area (Å²) in [5.41, 5.74) is 1.14. The van der Waals surface area contributed by atoms with E-state index in [1.807, 2.05) is 15.2 Å². The predicted octanol–water partition coefficient (Wildman–Crippen LogP) is 5.47. The van der Waals surface area contributed by atoms with Gasteiger partial charge in [-0.3, -0.25) is 14.5 Å². The molecular formula is C36H47ClF3N7O3S. The van der Waals surface area contributed by atoms with Crippen molar-refractivity contribution >= 4 is 52.2 Å². The van der Waals surface area contributed by atoms with Crippen LogP contribution in [0.3, 0.4) is 0 Å². The molecule has 51 heavy (non-hydrogen) atoms. The summed E-state index contributed by atoms with van der Waals surface area (Å²) in [5.74, 6) is -1.23. The number of anilines is 2. The van der Waals surface area contributed by atoms with Crippen LogP contribution in [-0.2, 0) is 28.6 Å². The molecule has 7 rings (SSSR count). The fourth-order valence-corrected chi connectivity index (χ4v) is 10.2. The minimum absolute atomic E-state index is 0.0136. The number of nitrogens with zero attached hydrogens (tertiary/aromatic N) is 5. The maximum Gasteiger partial charge on any atom is 0.418 e. The summed E-state index contributed by atoms with van der Waals surface area (Å²) in [4.78, 5) is 51.6. The number of amides is 4. The van der Waals surface area contributed by atoms with Crippen LogP contribution in [0.25, 0.3) is 0 Å². The van der Waals surface area contributed by atoms with Crippen molar-refractivity contribution in [1.29, 1.82) is 0 Å². The number of hydrogen-bond donors (Lipinski definition) is 2. The van der Waals surface area contributed by atoms with E-state index in [4.69, 9.17) is 11.6 Å². The number of carbonyl (C=O) groups excluding carboxylic acids is 3. The number of piperidine rings is 2. The Bertz CT molecular complexity index is 1620. The molecule has 0 aliphatic carbocycles. The number of halogens is 4. The molecule has 5 aliphatic rings. The van der Waals surface area contributed by atoms with Crippen molar-refractivity contribution in [3.05, 3.63) is 44.6 Å². The number of alkyl halides is 3. The van der Waals surface area contributed by atoms with Crippen molar-refractivity contribution in [3.63, 3.8) is 0 Å². The second-order valence-electron chi connectivity index (χ2n) is 14.9. The lowest BCUT2D eigenvalue weighted by molar-refractivity contribution is -0.143. The van der Waals surface area contributed by atoms with Crippen molar-refractivity contribution in [2.45, 2.75) is 81.7 Å². The lowest BCUT2D eigenvalue weighted by atomic mass is 9.91. The molecule has 1 aromatic carbocycles.